The minimum absolute atomic E-state index is 0. The first kappa shape index (κ1) is 32.7. The van der Waals surface area contributed by atoms with Gasteiger partial charge in [-0.15, -0.1) is 0 Å². The summed E-state index contributed by atoms with van der Waals surface area (Å²) >= 11 is 5.99. The molecule has 3 aliphatic rings. The molecule has 1 unspecified atom stereocenters. The Hall–Kier alpha value is -1.85. The van der Waals surface area contributed by atoms with Crippen molar-refractivity contribution in [3.63, 3.8) is 0 Å². The monoisotopic (exact) mass is 613 g/mol. The molecule has 0 spiro atoms. The lowest BCUT2D eigenvalue weighted by atomic mass is 10.0. The maximum atomic E-state index is 14.1. The maximum Gasteiger partial charge on any atom is 0.409 e. The molecule has 2 aromatic rings. The number of piperidine rings is 2. The largest absolute Gasteiger partial charge is 0.448 e. The van der Waals surface area contributed by atoms with Gasteiger partial charge in [-0.1, -0.05) is 37.6 Å². The number of carbonyl (C=O) groups is 1. The Bertz CT molecular complexity index is 1220. The van der Waals surface area contributed by atoms with E-state index in [-0.39, 0.29) is 32.4 Å². The molecular formula is C29H41ClFN3O4S2. The molecule has 2 atom stereocenters. The number of carbonyl (C=O) groups excluding carboxylic acids is 1. The second-order valence-corrected chi connectivity index (χ2v) is 12.8. The summed E-state index contributed by atoms with van der Waals surface area (Å²) in [5.74, 6) is -0.422. The summed E-state index contributed by atoms with van der Waals surface area (Å²) < 4.78 is 48.7. The summed E-state index contributed by atoms with van der Waals surface area (Å²) in [4.78, 5) is 17.3. The highest BCUT2D eigenvalue weighted by atomic mass is 35.5. The molecule has 3 aliphatic heterocycles. The summed E-state index contributed by atoms with van der Waals surface area (Å²) in [6, 6.07) is 11.4. The maximum absolute atomic E-state index is 14.1. The zero-order valence-electron chi connectivity index (χ0n) is 22.0. The molecule has 3 fully saturated rings. The van der Waals surface area contributed by atoms with E-state index in [0.29, 0.717) is 42.6 Å². The van der Waals surface area contributed by atoms with Crippen LogP contribution in [0.3, 0.4) is 0 Å². The van der Waals surface area contributed by atoms with Crippen molar-refractivity contribution in [1.29, 1.82) is 0 Å². The standard InChI is InChI=1S/C28H35ClFN3O4S.CH4.H2S/c29-22-7-10-26(11-8-22)38(35,36)33-25(9-12-27(33)21-5-4-6-23(30)19-21)20-37-28(34)32-17-13-24(14-18-32)31-15-2-1-3-16-31;;/h4-8,10-11,19,24-25,27H,1-3,9,12-18,20H2;1H4;1H2/t25-,27?;;/m1../s1. The first-order valence-corrected chi connectivity index (χ1v) is 15.3. The first-order valence-electron chi connectivity index (χ1n) is 13.5. The Morgan fingerprint density at radius 2 is 1.62 bits per heavy atom. The van der Waals surface area contributed by atoms with E-state index >= 15 is 0 Å². The predicted octanol–water partition coefficient (Wildman–Crippen LogP) is 6.21. The number of amides is 1. The smallest absolute Gasteiger partial charge is 0.409 e. The van der Waals surface area contributed by atoms with Crippen LogP contribution in [0.15, 0.2) is 53.4 Å². The molecule has 3 heterocycles. The summed E-state index contributed by atoms with van der Waals surface area (Å²) in [7, 11) is -3.97. The summed E-state index contributed by atoms with van der Waals surface area (Å²) in [5.41, 5.74) is 0.580. The van der Waals surface area contributed by atoms with E-state index in [1.807, 2.05) is 0 Å². The van der Waals surface area contributed by atoms with Crippen LogP contribution in [0.4, 0.5) is 9.18 Å². The number of rotatable bonds is 6. The second-order valence-electron chi connectivity index (χ2n) is 10.5. The van der Waals surface area contributed by atoms with Crippen LogP contribution in [0.5, 0.6) is 0 Å². The van der Waals surface area contributed by atoms with Crippen molar-refractivity contribution < 1.29 is 22.3 Å². The van der Waals surface area contributed by atoms with E-state index in [4.69, 9.17) is 16.3 Å². The first-order chi connectivity index (χ1) is 18.3. The molecule has 0 aliphatic carbocycles. The zero-order chi connectivity index (χ0) is 26.7. The van der Waals surface area contributed by atoms with Crippen molar-refractivity contribution in [3.05, 3.63) is 64.9 Å². The van der Waals surface area contributed by atoms with Crippen molar-refractivity contribution in [1.82, 2.24) is 14.1 Å². The van der Waals surface area contributed by atoms with Crippen LogP contribution in [0.2, 0.25) is 5.02 Å². The Labute approximate surface area is 250 Å². The molecule has 7 nitrogen and oxygen atoms in total. The summed E-state index contributed by atoms with van der Waals surface area (Å²) in [6.07, 6.45) is 6.24. The molecule has 5 rings (SSSR count). The fourth-order valence-corrected chi connectivity index (χ4v) is 8.06. The molecule has 0 aromatic heterocycles. The number of ether oxygens (including phenoxy) is 1. The molecule has 2 aromatic carbocycles. The zero-order valence-corrected chi connectivity index (χ0v) is 24.5. The van der Waals surface area contributed by atoms with Crippen LogP contribution in [0.1, 0.15) is 64.0 Å². The normalized spacial score (nSPS) is 22.8. The summed E-state index contributed by atoms with van der Waals surface area (Å²) in [5, 5.41) is 0.432. The molecule has 1 amide bonds. The predicted molar refractivity (Wildman–Crippen MR) is 161 cm³/mol. The average molecular weight is 614 g/mol. The lowest BCUT2D eigenvalue weighted by Gasteiger charge is -2.40. The van der Waals surface area contributed by atoms with E-state index in [1.165, 1.54) is 60.0 Å². The van der Waals surface area contributed by atoms with Gasteiger partial charge in [0.1, 0.15) is 12.4 Å². The Kier molecular flexibility index (Phi) is 11.7. The minimum atomic E-state index is -3.97. The quantitative estimate of drug-likeness (QED) is 0.387. The summed E-state index contributed by atoms with van der Waals surface area (Å²) in [6.45, 7) is 3.51. The fraction of sp³-hybridized carbons (Fsp3) is 0.552. The lowest BCUT2D eigenvalue weighted by Crippen LogP contribution is -2.48. The highest BCUT2D eigenvalue weighted by Crippen LogP contribution is 2.41. The lowest BCUT2D eigenvalue weighted by molar-refractivity contribution is 0.0575. The van der Waals surface area contributed by atoms with Crippen LogP contribution in [-0.2, 0) is 14.8 Å². The minimum Gasteiger partial charge on any atom is -0.448 e. The molecule has 0 bridgehead atoms. The molecule has 3 saturated heterocycles. The number of sulfonamides is 1. The Morgan fingerprint density at radius 1 is 0.950 bits per heavy atom. The van der Waals surface area contributed by atoms with Crippen molar-refractivity contribution in [2.75, 3.05) is 32.8 Å². The molecular weight excluding hydrogens is 573 g/mol. The van der Waals surface area contributed by atoms with Gasteiger partial charge in [-0.3, -0.25) is 0 Å². The topological polar surface area (TPSA) is 70.2 Å². The average Bonchev–Trinajstić information content (AvgIpc) is 3.38. The number of hydrogen-bond acceptors (Lipinski definition) is 5. The molecule has 40 heavy (non-hydrogen) atoms. The van der Waals surface area contributed by atoms with Gasteiger partial charge in [-0.05, 0) is 93.6 Å². The highest BCUT2D eigenvalue weighted by molar-refractivity contribution is 7.89. The van der Waals surface area contributed by atoms with Gasteiger partial charge in [0.2, 0.25) is 10.0 Å². The number of nitrogens with zero attached hydrogens (tertiary/aromatic N) is 3. The molecule has 0 saturated carbocycles. The van der Waals surface area contributed by atoms with Gasteiger partial charge < -0.3 is 14.5 Å². The fourth-order valence-electron chi connectivity index (χ4n) is 6.09. The van der Waals surface area contributed by atoms with Crippen molar-refractivity contribution in [2.45, 2.75) is 75.4 Å². The van der Waals surface area contributed by atoms with Crippen molar-refractivity contribution in [2.24, 2.45) is 0 Å². The Morgan fingerprint density at radius 3 is 2.27 bits per heavy atom. The number of likely N-dealkylation sites (tertiary alicyclic amines) is 2. The third-order valence-electron chi connectivity index (χ3n) is 8.09. The second kappa shape index (κ2) is 14.4. The number of benzene rings is 2. The van der Waals surface area contributed by atoms with Crippen LogP contribution < -0.4 is 0 Å². The van der Waals surface area contributed by atoms with Crippen LogP contribution in [0, 0.1) is 5.82 Å². The molecule has 0 N–H and O–H groups in total. The van der Waals surface area contributed by atoms with Gasteiger partial charge >= 0.3 is 6.09 Å². The Balaban J connectivity index is 0.00000220. The van der Waals surface area contributed by atoms with E-state index in [1.54, 1.807) is 17.0 Å². The molecule has 11 heteroatoms. The molecule has 222 valence electrons. The number of hydrogen-bond donors (Lipinski definition) is 0. The highest BCUT2D eigenvalue weighted by Gasteiger charge is 2.44. The van der Waals surface area contributed by atoms with E-state index in [2.05, 4.69) is 4.90 Å². The SMILES string of the molecule is C.O=C(OC[C@H]1CCC(c2cccc(F)c2)N1S(=O)(=O)c1ccc(Cl)cc1)N1CCC(N2CCCCC2)CC1.S. The van der Waals surface area contributed by atoms with E-state index in [9.17, 15) is 17.6 Å². The van der Waals surface area contributed by atoms with E-state index < -0.39 is 34.0 Å². The van der Waals surface area contributed by atoms with Gasteiger partial charge in [-0.25, -0.2) is 17.6 Å². The van der Waals surface area contributed by atoms with Crippen LogP contribution in [0.25, 0.3) is 0 Å². The number of halogens is 2. The third-order valence-corrected chi connectivity index (χ3v) is 10.3. The van der Waals surface area contributed by atoms with Crippen molar-refractivity contribution in [3.8, 4) is 0 Å². The van der Waals surface area contributed by atoms with Crippen LogP contribution in [-0.4, -0.2) is 73.5 Å². The third kappa shape index (κ3) is 7.31. The van der Waals surface area contributed by atoms with Gasteiger partial charge in [0, 0.05) is 24.2 Å². The van der Waals surface area contributed by atoms with Gasteiger partial charge in [0.05, 0.1) is 17.0 Å². The van der Waals surface area contributed by atoms with Crippen molar-refractivity contribution >= 4 is 41.2 Å². The van der Waals surface area contributed by atoms with Crippen LogP contribution >= 0.6 is 25.1 Å². The van der Waals surface area contributed by atoms with Gasteiger partial charge in [0.15, 0.2) is 0 Å². The molecule has 0 radical (unpaired) electrons. The van der Waals surface area contributed by atoms with E-state index in [0.717, 1.165) is 25.9 Å². The van der Waals surface area contributed by atoms with Gasteiger partial charge in [0.25, 0.3) is 0 Å². The van der Waals surface area contributed by atoms with Gasteiger partial charge in [-0.2, -0.15) is 17.8 Å².